The summed E-state index contributed by atoms with van der Waals surface area (Å²) >= 11 is 1.78. The molecule has 1 unspecified atom stereocenters. The van der Waals surface area contributed by atoms with Gasteiger partial charge in [-0.25, -0.2) is 0 Å². The third-order valence-corrected chi connectivity index (χ3v) is 5.92. The molecule has 0 aliphatic carbocycles. The lowest BCUT2D eigenvalue weighted by Crippen LogP contribution is -2.46. The van der Waals surface area contributed by atoms with Crippen LogP contribution in [0.5, 0.6) is 0 Å². The van der Waals surface area contributed by atoms with Gasteiger partial charge in [-0.1, -0.05) is 18.2 Å². The van der Waals surface area contributed by atoms with E-state index in [1.807, 2.05) is 24.3 Å². The first-order valence-electron chi connectivity index (χ1n) is 9.82. The Morgan fingerprint density at radius 1 is 1.21 bits per heavy atom. The average Bonchev–Trinajstić information content (AvgIpc) is 3.31. The Morgan fingerprint density at radius 2 is 1.97 bits per heavy atom. The number of amides is 1. The smallest absolute Gasteiger partial charge is 0.251 e. The van der Waals surface area contributed by atoms with E-state index in [4.69, 9.17) is 4.74 Å². The van der Waals surface area contributed by atoms with Gasteiger partial charge in [-0.15, -0.1) is 11.3 Å². The first kappa shape index (κ1) is 21.3. The van der Waals surface area contributed by atoms with Crippen LogP contribution in [-0.4, -0.2) is 63.7 Å². The predicted molar refractivity (Wildman–Crippen MR) is 117 cm³/mol. The van der Waals surface area contributed by atoms with E-state index in [9.17, 15) is 4.79 Å². The van der Waals surface area contributed by atoms with E-state index in [1.54, 1.807) is 25.4 Å². The van der Waals surface area contributed by atoms with Crippen molar-refractivity contribution in [1.29, 1.82) is 0 Å². The monoisotopic (exact) mass is 415 g/mol. The Kier molecular flexibility index (Phi) is 8.03. The summed E-state index contributed by atoms with van der Waals surface area (Å²) in [5.41, 5.74) is 1.74. The van der Waals surface area contributed by atoms with E-state index in [0.29, 0.717) is 18.2 Å². The molecule has 1 amide bonds. The number of rotatable bonds is 7. The lowest BCUT2D eigenvalue weighted by molar-refractivity contribution is 0.0177. The van der Waals surface area contributed by atoms with Crippen LogP contribution in [0.25, 0.3) is 0 Å². The molecule has 7 nitrogen and oxygen atoms in total. The number of hydrogen-bond acceptors (Lipinski definition) is 5. The second kappa shape index (κ2) is 10.9. The zero-order valence-electron chi connectivity index (χ0n) is 17.0. The molecule has 8 heteroatoms. The maximum atomic E-state index is 11.6. The van der Waals surface area contributed by atoms with Crippen LogP contribution in [0.3, 0.4) is 0 Å². The molecule has 3 N–H and O–H groups in total. The van der Waals surface area contributed by atoms with Gasteiger partial charge in [-0.3, -0.25) is 14.7 Å². The number of ether oxygens (including phenoxy) is 1. The molecule has 156 valence electrons. The number of thiophene rings is 1. The normalized spacial score (nSPS) is 16.3. The van der Waals surface area contributed by atoms with E-state index >= 15 is 0 Å². The molecule has 1 aliphatic rings. The zero-order valence-corrected chi connectivity index (χ0v) is 17.8. The molecule has 2 heterocycles. The van der Waals surface area contributed by atoms with Gasteiger partial charge in [0.15, 0.2) is 5.96 Å². The molecule has 1 aromatic carbocycles. The molecular formula is C21H29N5O2S. The Morgan fingerprint density at radius 3 is 2.59 bits per heavy atom. The molecule has 0 radical (unpaired) electrons. The number of guanidine groups is 1. The van der Waals surface area contributed by atoms with Crippen LogP contribution in [0, 0.1) is 0 Å². The maximum Gasteiger partial charge on any atom is 0.251 e. The lowest BCUT2D eigenvalue weighted by atomic mass is 10.1. The fourth-order valence-corrected chi connectivity index (χ4v) is 4.16. The van der Waals surface area contributed by atoms with E-state index in [-0.39, 0.29) is 5.91 Å². The molecule has 1 saturated heterocycles. The number of nitrogens with zero attached hydrogens (tertiary/aromatic N) is 2. The number of aliphatic imine (C=N–C) groups is 1. The van der Waals surface area contributed by atoms with Crippen LogP contribution in [0.15, 0.2) is 46.8 Å². The van der Waals surface area contributed by atoms with Crippen LogP contribution in [0.4, 0.5) is 0 Å². The van der Waals surface area contributed by atoms with Crippen LogP contribution in [-0.2, 0) is 11.3 Å². The fourth-order valence-electron chi connectivity index (χ4n) is 3.30. The van der Waals surface area contributed by atoms with Crippen molar-refractivity contribution < 1.29 is 9.53 Å². The van der Waals surface area contributed by atoms with Gasteiger partial charge < -0.3 is 20.7 Å². The molecule has 1 aromatic heterocycles. The minimum Gasteiger partial charge on any atom is -0.379 e. The first-order chi connectivity index (χ1) is 14.2. The van der Waals surface area contributed by atoms with E-state index in [1.165, 1.54) is 4.88 Å². The molecule has 1 fully saturated rings. The van der Waals surface area contributed by atoms with E-state index in [0.717, 1.165) is 44.4 Å². The third kappa shape index (κ3) is 6.03. The van der Waals surface area contributed by atoms with E-state index in [2.05, 4.69) is 43.4 Å². The molecule has 1 atom stereocenters. The highest BCUT2D eigenvalue weighted by Crippen LogP contribution is 2.25. The largest absolute Gasteiger partial charge is 0.379 e. The summed E-state index contributed by atoms with van der Waals surface area (Å²) < 4.78 is 5.51. The van der Waals surface area contributed by atoms with Crippen molar-refractivity contribution in [2.45, 2.75) is 12.6 Å². The summed E-state index contributed by atoms with van der Waals surface area (Å²) in [5.74, 6) is 0.680. The van der Waals surface area contributed by atoms with Crippen molar-refractivity contribution in [1.82, 2.24) is 20.9 Å². The number of hydrogen-bond donors (Lipinski definition) is 3. The molecule has 29 heavy (non-hydrogen) atoms. The van der Waals surface area contributed by atoms with Gasteiger partial charge in [0, 0.05) is 50.7 Å². The summed E-state index contributed by atoms with van der Waals surface area (Å²) in [7, 11) is 3.41. The quantitative estimate of drug-likeness (QED) is 0.475. The number of carbonyl (C=O) groups excluding carboxylic acids is 1. The average molecular weight is 416 g/mol. The molecular weight excluding hydrogens is 386 g/mol. The molecule has 3 rings (SSSR count). The Balaban J connectivity index is 1.55. The van der Waals surface area contributed by atoms with Gasteiger partial charge in [-0.05, 0) is 29.1 Å². The highest BCUT2D eigenvalue weighted by atomic mass is 32.1. The summed E-state index contributed by atoms with van der Waals surface area (Å²) in [5, 5.41) is 11.6. The number of carbonyl (C=O) groups is 1. The van der Waals surface area contributed by atoms with Gasteiger partial charge in [0.25, 0.3) is 5.91 Å². The second-order valence-corrected chi connectivity index (χ2v) is 7.74. The second-order valence-electron chi connectivity index (χ2n) is 6.76. The molecule has 0 saturated carbocycles. The van der Waals surface area contributed by atoms with Crippen LogP contribution in [0.1, 0.15) is 26.8 Å². The van der Waals surface area contributed by atoms with Crippen molar-refractivity contribution >= 4 is 23.2 Å². The highest BCUT2D eigenvalue weighted by molar-refractivity contribution is 7.10. The molecule has 0 spiro atoms. The minimum absolute atomic E-state index is 0.0790. The maximum absolute atomic E-state index is 11.6. The first-order valence-corrected chi connectivity index (χ1v) is 10.7. The summed E-state index contributed by atoms with van der Waals surface area (Å²) in [4.78, 5) is 19.8. The van der Waals surface area contributed by atoms with E-state index < -0.39 is 0 Å². The molecule has 0 bridgehead atoms. The van der Waals surface area contributed by atoms with Crippen molar-refractivity contribution in [3.05, 3.63) is 57.8 Å². The van der Waals surface area contributed by atoms with Crippen molar-refractivity contribution in [2.75, 3.05) is 46.9 Å². The summed E-state index contributed by atoms with van der Waals surface area (Å²) in [6.45, 7) is 4.84. The van der Waals surface area contributed by atoms with Gasteiger partial charge >= 0.3 is 0 Å². The predicted octanol–water partition coefficient (Wildman–Crippen LogP) is 1.85. The van der Waals surface area contributed by atoms with Crippen LogP contribution in [0.2, 0.25) is 0 Å². The van der Waals surface area contributed by atoms with Crippen LogP contribution >= 0.6 is 11.3 Å². The van der Waals surface area contributed by atoms with Gasteiger partial charge in [0.1, 0.15) is 0 Å². The molecule has 2 aromatic rings. The molecule has 1 aliphatic heterocycles. The third-order valence-electron chi connectivity index (χ3n) is 4.95. The summed E-state index contributed by atoms with van der Waals surface area (Å²) in [6.07, 6.45) is 0. The van der Waals surface area contributed by atoms with Gasteiger partial charge in [-0.2, -0.15) is 0 Å². The number of benzene rings is 1. The zero-order chi connectivity index (χ0) is 20.5. The standard InChI is InChI=1S/C21H29N5O2S/c1-22-20(27)17-7-5-16(6-8-17)14-24-21(23-2)25-15-18(19-4-3-13-29-19)26-9-11-28-12-10-26/h3-8,13,18H,9-12,14-15H2,1-2H3,(H,22,27)(H2,23,24,25). The topological polar surface area (TPSA) is 78.0 Å². The van der Waals surface area contributed by atoms with Crippen molar-refractivity contribution in [3.8, 4) is 0 Å². The minimum atomic E-state index is -0.0790. The summed E-state index contributed by atoms with van der Waals surface area (Å²) in [6, 6.07) is 12.2. The van der Waals surface area contributed by atoms with Gasteiger partial charge in [0.2, 0.25) is 0 Å². The van der Waals surface area contributed by atoms with Gasteiger partial charge in [0.05, 0.1) is 19.3 Å². The highest BCUT2D eigenvalue weighted by Gasteiger charge is 2.23. The Hall–Kier alpha value is -2.42. The Bertz CT molecular complexity index is 786. The van der Waals surface area contributed by atoms with Crippen molar-refractivity contribution in [2.24, 2.45) is 4.99 Å². The fraction of sp³-hybridized carbons (Fsp3) is 0.429. The number of morpholine rings is 1. The SMILES string of the molecule is CN=C(NCc1ccc(C(=O)NC)cc1)NCC(c1cccs1)N1CCOCC1. The Labute approximate surface area is 176 Å². The lowest BCUT2D eigenvalue weighted by Gasteiger charge is -2.34. The van der Waals surface area contributed by atoms with Crippen molar-refractivity contribution in [3.63, 3.8) is 0 Å². The van der Waals surface area contributed by atoms with Crippen LogP contribution < -0.4 is 16.0 Å². The number of nitrogens with one attached hydrogen (secondary N) is 3.